The highest BCUT2D eigenvalue weighted by molar-refractivity contribution is 5.40. The van der Waals surface area contributed by atoms with Gasteiger partial charge in [-0.25, -0.2) is 8.78 Å². The van der Waals surface area contributed by atoms with Crippen LogP contribution in [0.2, 0.25) is 0 Å². The first kappa shape index (κ1) is 35.7. The van der Waals surface area contributed by atoms with Gasteiger partial charge in [0.05, 0.1) is 5.57 Å². The number of hydrogen-bond acceptors (Lipinski definition) is 2. The Labute approximate surface area is 196 Å². The molecule has 2 nitrogen and oxygen atoms in total. The monoisotopic (exact) mass is 614 g/mol. The Kier molecular flexibility index (Phi) is 9.71. The van der Waals surface area contributed by atoms with Crippen LogP contribution >= 0.6 is 0 Å². The van der Waals surface area contributed by atoms with Crippen molar-refractivity contribution < 1.29 is 97.3 Å². The standard InChI is InChI=1S/C16H10F20O2/c1-5(2)7(11(19,20)21)37-3-4-38-8(12(22,23)24)6(9(17,13(25,26)27)14(28,29)30)10(18,15(31,32)33)16(34,35)36/h3-4H2,1-2H3. The summed E-state index contributed by atoms with van der Waals surface area (Å²) >= 11 is 0. The van der Waals surface area contributed by atoms with E-state index in [9.17, 15) is 87.8 Å². The van der Waals surface area contributed by atoms with Crippen LogP contribution in [0.15, 0.2) is 22.7 Å². The van der Waals surface area contributed by atoms with Crippen molar-refractivity contribution >= 4 is 0 Å². The van der Waals surface area contributed by atoms with E-state index in [1.807, 2.05) is 0 Å². The predicted molar refractivity (Wildman–Crippen MR) is 81.3 cm³/mol. The summed E-state index contributed by atoms with van der Waals surface area (Å²) in [7, 11) is 0. The third-order valence-corrected chi connectivity index (χ3v) is 4.02. The number of halogens is 20. The summed E-state index contributed by atoms with van der Waals surface area (Å²) in [6.45, 7) is -3.28. The first-order valence-electron chi connectivity index (χ1n) is 8.77. The Morgan fingerprint density at radius 2 is 0.658 bits per heavy atom. The molecule has 0 heterocycles. The molecule has 0 aliphatic rings. The molecule has 22 heteroatoms. The van der Waals surface area contributed by atoms with E-state index in [-0.39, 0.29) is 0 Å². The third kappa shape index (κ3) is 6.81. The maximum absolute atomic E-state index is 14.4. The Bertz CT molecular complexity index is 817. The second kappa shape index (κ2) is 10.3. The molecule has 226 valence electrons. The molecule has 38 heavy (non-hydrogen) atoms. The van der Waals surface area contributed by atoms with Crippen LogP contribution in [-0.4, -0.2) is 61.6 Å². The van der Waals surface area contributed by atoms with E-state index in [4.69, 9.17) is 0 Å². The van der Waals surface area contributed by atoms with Gasteiger partial charge >= 0.3 is 48.4 Å². The lowest BCUT2D eigenvalue weighted by molar-refractivity contribution is -0.366. The summed E-state index contributed by atoms with van der Waals surface area (Å²) in [6.07, 6.45) is -45.6. The molecule has 0 unspecified atom stereocenters. The van der Waals surface area contributed by atoms with Crippen LogP contribution in [0.5, 0.6) is 0 Å². The summed E-state index contributed by atoms with van der Waals surface area (Å²) in [4.78, 5) is 0. The minimum Gasteiger partial charge on any atom is -0.485 e. The quantitative estimate of drug-likeness (QED) is 0.163. The van der Waals surface area contributed by atoms with Gasteiger partial charge in [0.1, 0.15) is 13.2 Å². The van der Waals surface area contributed by atoms with Crippen LogP contribution < -0.4 is 0 Å². The van der Waals surface area contributed by atoms with Gasteiger partial charge in [0.2, 0.25) is 5.76 Å². The zero-order valence-corrected chi connectivity index (χ0v) is 17.8. The van der Waals surface area contributed by atoms with Gasteiger partial charge in [0, 0.05) is 0 Å². The minimum absolute atomic E-state index is 0.636. The number of hydrogen-bond donors (Lipinski definition) is 0. The van der Waals surface area contributed by atoms with Crippen molar-refractivity contribution in [3.63, 3.8) is 0 Å². The molecule has 0 rings (SSSR count). The molecule has 0 aliphatic heterocycles. The molecule has 0 bridgehead atoms. The van der Waals surface area contributed by atoms with Crippen molar-refractivity contribution in [2.75, 3.05) is 13.2 Å². The van der Waals surface area contributed by atoms with E-state index in [1.54, 1.807) is 0 Å². The van der Waals surface area contributed by atoms with Gasteiger partial charge in [-0.05, 0) is 19.4 Å². The Hall–Kier alpha value is -2.32. The van der Waals surface area contributed by atoms with Crippen LogP contribution in [-0.2, 0) is 9.47 Å². The largest absolute Gasteiger partial charge is 0.485 e. The van der Waals surface area contributed by atoms with Gasteiger partial charge in [-0.2, -0.15) is 79.0 Å². The van der Waals surface area contributed by atoms with Gasteiger partial charge in [-0.1, -0.05) is 0 Å². The first-order chi connectivity index (χ1) is 16.3. The van der Waals surface area contributed by atoms with Gasteiger partial charge in [0.25, 0.3) is 0 Å². The highest BCUT2D eigenvalue weighted by Crippen LogP contribution is 2.63. The van der Waals surface area contributed by atoms with Gasteiger partial charge < -0.3 is 9.47 Å². The molecular weight excluding hydrogens is 604 g/mol. The fourth-order valence-electron chi connectivity index (χ4n) is 2.53. The van der Waals surface area contributed by atoms with E-state index in [1.165, 1.54) is 0 Å². The lowest BCUT2D eigenvalue weighted by Gasteiger charge is -2.41. The van der Waals surface area contributed by atoms with Crippen molar-refractivity contribution in [3.8, 4) is 0 Å². The van der Waals surface area contributed by atoms with Crippen molar-refractivity contribution in [3.05, 3.63) is 22.7 Å². The van der Waals surface area contributed by atoms with Gasteiger partial charge in [0.15, 0.2) is 5.76 Å². The second-order valence-electron chi connectivity index (χ2n) is 7.03. The van der Waals surface area contributed by atoms with E-state index < -0.39 is 84.3 Å². The summed E-state index contributed by atoms with van der Waals surface area (Å²) in [5.74, 6) is -6.86. The van der Waals surface area contributed by atoms with Crippen LogP contribution in [0.25, 0.3) is 0 Å². The lowest BCUT2D eigenvalue weighted by atomic mass is 9.79. The molecule has 0 saturated heterocycles. The number of rotatable bonds is 7. The van der Waals surface area contributed by atoms with Gasteiger partial charge in [-0.3, -0.25) is 0 Å². The molecule has 0 aliphatic carbocycles. The molecule has 0 N–H and O–H groups in total. The SMILES string of the molecule is CC(C)=C(OCCOC(=C(C(F)(C(F)(F)F)C(F)(F)F)C(F)(C(F)(F)F)C(F)(F)F)C(F)(F)F)C(F)(F)F. The van der Waals surface area contributed by atoms with Crippen LogP contribution in [0.4, 0.5) is 87.8 Å². The average Bonchev–Trinajstić information content (AvgIpc) is 2.59. The van der Waals surface area contributed by atoms with Crippen LogP contribution in [0.1, 0.15) is 13.8 Å². The second-order valence-corrected chi connectivity index (χ2v) is 7.03. The molecule has 0 fully saturated rings. The molecule has 0 aromatic rings. The lowest BCUT2D eigenvalue weighted by Crippen LogP contribution is -2.66. The normalized spacial score (nSPS) is 14.8. The summed E-state index contributed by atoms with van der Waals surface area (Å²) < 4.78 is 270. The topological polar surface area (TPSA) is 18.5 Å². The zero-order valence-electron chi connectivity index (χ0n) is 17.8. The molecule has 0 saturated carbocycles. The van der Waals surface area contributed by atoms with E-state index in [0.717, 1.165) is 0 Å². The molecular formula is C16H10F20O2. The molecule has 0 radical (unpaired) electrons. The summed E-state index contributed by atoms with van der Waals surface area (Å²) in [6, 6.07) is 0. The highest BCUT2D eigenvalue weighted by Gasteiger charge is 2.87. The Morgan fingerprint density at radius 1 is 0.421 bits per heavy atom. The van der Waals surface area contributed by atoms with E-state index in [2.05, 4.69) is 9.47 Å². The summed E-state index contributed by atoms with van der Waals surface area (Å²) in [5, 5.41) is 0. The maximum Gasteiger partial charge on any atom is 0.449 e. The first-order valence-corrected chi connectivity index (χ1v) is 8.77. The molecule has 0 aromatic carbocycles. The zero-order chi connectivity index (χ0) is 31.1. The van der Waals surface area contributed by atoms with Crippen LogP contribution in [0, 0.1) is 0 Å². The van der Waals surface area contributed by atoms with Gasteiger partial charge in [-0.15, -0.1) is 0 Å². The number of alkyl halides is 20. The molecule has 0 atom stereocenters. The number of allylic oxidation sites excluding steroid dienone is 4. The van der Waals surface area contributed by atoms with E-state index >= 15 is 0 Å². The minimum atomic E-state index is -8.37. The summed E-state index contributed by atoms with van der Waals surface area (Å²) in [5.41, 5.74) is -23.3. The van der Waals surface area contributed by atoms with Crippen LogP contribution in [0.3, 0.4) is 0 Å². The fourth-order valence-corrected chi connectivity index (χ4v) is 2.53. The third-order valence-electron chi connectivity index (χ3n) is 4.02. The average molecular weight is 614 g/mol. The maximum atomic E-state index is 14.4. The highest BCUT2D eigenvalue weighted by atomic mass is 19.4. The van der Waals surface area contributed by atoms with Crippen molar-refractivity contribution in [2.45, 2.75) is 62.2 Å². The van der Waals surface area contributed by atoms with Crippen molar-refractivity contribution in [1.29, 1.82) is 0 Å². The van der Waals surface area contributed by atoms with Crippen molar-refractivity contribution in [1.82, 2.24) is 0 Å². The molecule has 0 amide bonds. The fraction of sp³-hybridized carbons (Fsp3) is 0.750. The molecule has 0 spiro atoms. The Balaban J connectivity index is 7.61. The molecule has 0 aromatic heterocycles. The smallest absolute Gasteiger partial charge is 0.449 e. The predicted octanol–water partition coefficient (Wildman–Crippen LogP) is 8.36. The Morgan fingerprint density at radius 3 is 0.842 bits per heavy atom. The van der Waals surface area contributed by atoms with E-state index in [0.29, 0.717) is 13.8 Å². The number of ether oxygens (including phenoxy) is 2. The van der Waals surface area contributed by atoms with Crippen molar-refractivity contribution in [2.24, 2.45) is 0 Å².